The molecule has 1 unspecified atom stereocenters. The van der Waals surface area contributed by atoms with E-state index in [4.69, 9.17) is 9.56 Å². The van der Waals surface area contributed by atoms with Crippen molar-refractivity contribution in [2.24, 2.45) is 5.14 Å². The Morgan fingerprint density at radius 3 is 2.38 bits per heavy atom. The van der Waals surface area contributed by atoms with Crippen molar-refractivity contribution in [2.75, 3.05) is 0 Å². The number of hydrogen-bond acceptors (Lipinski definition) is 4. The molecule has 0 aliphatic carbocycles. The number of rotatable bonds is 6. The average Bonchev–Trinajstić information content (AvgIpc) is 3.01. The van der Waals surface area contributed by atoms with Crippen LogP contribution in [-0.4, -0.2) is 14.3 Å². The van der Waals surface area contributed by atoms with Crippen LogP contribution in [0.1, 0.15) is 55.0 Å². The summed E-state index contributed by atoms with van der Waals surface area (Å²) in [6, 6.07) is 10.0. The van der Waals surface area contributed by atoms with Crippen molar-refractivity contribution in [3.63, 3.8) is 0 Å². The minimum atomic E-state index is -3.73. The second-order valence-electron chi connectivity index (χ2n) is 7.70. The van der Waals surface area contributed by atoms with Crippen LogP contribution < -0.4 is 10.5 Å². The lowest BCUT2D eigenvalue weighted by Gasteiger charge is -2.15. The SMILES string of the molecule is Cc1cc2occ(CC(=O)NC(C)c3ccc(S(N)(=O)=O)cc3)c2cc1C(C)C. The Kier molecular flexibility index (Phi) is 5.82. The van der Waals surface area contributed by atoms with Gasteiger partial charge in [-0.3, -0.25) is 4.79 Å². The van der Waals surface area contributed by atoms with Gasteiger partial charge in [0.2, 0.25) is 15.9 Å². The normalized spacial score (nSPS) is 13.0. The highest BCUT2D eigenvalue weighted by atomic mass is 32.2. The van der Waals surface area contributed by atoms with Gasteiger partial charge in [0, 0.05) is 10.9 Å². The van der Waals surface area contributed by atoms with E-state index in [1.54, 1.807) is 18.4 Å². The number of nitrogens with two attached hydrogens (primary N) is 1. The Hall–Kier alpha value is -2.64. The van der Waals surface area contributed by atoms with E-state index >= 15 is 0 Å². The highest BCUT2D eigenvalue weighted by Crippen LogP contribution is 2.29. The van der Waals surface area contributed by atoms with Gasteiger partial charge < -0.3 is 9.73 Å². The third kappa shape index (κ3) is 4.68. The molecule has 0 saturated carbocycles. The molecule has 6 nitrogen and oxygen atoms in total. The van der Waals surface area contributed by atoms with Crippen LogP contribution in [0.4, 0.5) is 0 Å². The van der Waals surface area contributed by atoms with Crippen molar-refractivity contribution in [2.45, 2.75) is 51.0 Å². The van der Waals surface area contributed by atoms with Gasteiger partial charge in [0.1, 0.15) is 5.58 Å². The largest absolute Gasteiger partial charge is 0.464 e. The Morgan fingerprint density at radius 1 is 1.14 bits per heavy atom. The molecule has 3 rings (SSSR count). The van der Waals surface area contributed by atoms with Crippen LogP contribution in [-0.2, 0) is 21.2 Å². The fourth-order valence-corrected chi connectivity index (χ4v) is 4.01. The first kappa shape index (κ1) is 21.1. The summed E-state index contributed by atoms with van der Waals surface area (Å²) in [5.74, 6) is 0.249. The molecule has 1 heterocycles. The quantitative estimate of drug-likeness (QED) is 0.638. The third-order valence-electron chi connectivity index (χ3n) is 5.10. The fourth-order valence-electron chi connectivity index (χ4n) is 3.50. The molecule has 3 aromatic rings. The molecule has 1 atom stereocenters. The Morgan fingerprint density at radius 2 is 1.79 bits per heavy atom. The van der Waals surface area contributed by atoms with E-state index < -0.39 is 10.0 Å². The molecule has 0 aliphatic heterocycles. The Bertz CT molecular complexity index is 1150. The van der Waals surface area contributed by atoms with Crippen LogP contribution in [0.25, 0.3) is 11.0 Å². The number of carbonyl (C=O) groups excluding carboxylic acids is 1. The lowest BCUT2D eigenvalue weighted by atomic mass is 9.95. The number of carbonyl (C=O) groups is 1. The molecule has 1 amide bonds. The maximum absolute atomic E-state index is 12.6. The van der Waals surface area contributed by atoms with Crippen LogP contribution in [0.2, 0.25) is 0 Å². The van der Waals surface area contributed by atoms with Gasteiger partial charge in [0.05, 0.1) is 23.6 Å². The van der Waals surface area contributed by atoms with E-state index in [2.05, 4.69) is 32.2 Å². The third-order valence-corrected chi connectivity index (χ3v) is 6.03. The number of amides is 1. The zero-order valence-electron chi connectivity index (χ0n) is 17.0. The van der Waals surface area contributed by atoms with E-state index in [0.717, 1.165) is 22.1 Å². The van der Waals surface area contributed by atoms with E-state index in [1.165, 1.54) is 23.3 Å². The number of benzene rings is 2. The zero-order valence-corrected chi connectivity index (χ0v) is 17.8. The lowest BCUT2D eigenvalue weighted by molar-refractivity contribution is -0.121. The second-order valence-corrected chi connectivity index (χ2v) is 9.26. The van der Waals surface area contributed by atoms with Gasteiger partial charge in [0.25, 0.3) is 0 Å². The minimum absolute atomic E-state index is 0.0425. The number of hydrogen-bond donors (Lipinski definition) is 2. The molecular weight excluding hydrogens is 388 g/mol. The molecule has 0 spiro atoms. The van der Waals surface area contributed by atoms with Gasteiger partial charge in [-0.25, -0.2) is 13.6 Å². The molecule has 0 bridgehead atoms. The molecule has 154 valence electrons. The highest BCUT2D eigenvalue weighted by molar-refractivity contribution is 7.89. The Labute approximate surface area is 171 Å². The minimum Gasteiger partial charge on any atom is -0.464 e. The first-order valence-corrected chi connectivity index (χ1v) is 11.0. The molecule has 2 aromatic carbocycles. The molecule has 0 fully saturated rings. The summed E-state index contributed by atoms with van der Waals surface area (Å²) in [6.45, 7) is 8.19. The lowest BCUT2D eigenvalue weighted by Crippen LogP contribution is -2.28. The second kappa shape index (κ2) is 8.00. The number of primary sulfonamides is 1. The van der Waals surface area contributed by atoms with E-state index in [9.17, 15) is 13.2 Å². The molecule has 29 heavy (non-hydrogen) atoms. The zero-order chi connectivity index (χ0) is 21.3. The van der Waals surface area contributed by atoms with Crippen molar-refractivity contribution in [1.82, 2.24) is 5.32 Å². The monoisotopic (exact) mass is 414 g/mol. The summed E-state index contributed by atoms with van der Waals surface area (Å²) in [7, 11) is -3.73. The van der Waals surface area contributed by atoms with E-state index in [0.29, 0.717) is 5.92 Å². The number of furan rings is 1. The van der Waals surface area contributed by atoms with Gasteiger partial charge in [-0.05, 0) is 60.7 Å². The molecular formula is C22H26N2O4S. The van der Waals surface area contributed by atoms with Gasteiger partial charge in [-0.15, -0.1) is 0 Å². The van der Waals surface area contributed by atoms with Gasteiger partial charge in [-0.1, -0.05) is 26.0 Å². The molecule has 7 heteroatoms. The van der Waals surface area contributed by atoms with Crippen LogP contribution in [0.5, 0.6) is 0 Å². The predicted molar refractivity (Wildman–Crippen MR) is 113 cm³/mol. The summed E-state index contributed by atoms with van der Waals surface area (Å²) in [5.41, 5.74) is 4.83. The molecule has 0 saturated heterocycles. The summed E-state index contributed by atoms with van der Waals surface area (Å²) in [5, 5.41) is 9.02. The first-order valence-electron chi connectivity index (χ1n) is 9.49. The topological polar surface area (TPSA) is 102 Å². The van der Waals surface area contributed by atoms with Crippen LogP contribution in [0.3, 0.4) is 0 Å². The average molecular weight is 415 g/mol. The maximum atomic E-state index is 12.6. The Balaban J connectivity index is 1.74. The number of nitrogens with one attached hydrogen (secondary N) is 1. The van der Waals surface area contributed by atoms with Crippen molar-refractivity contribution in [3.05, 3.63) is 64.9 Å². The number of sulfonamides is 1. The molecule has 0 aliphatic rings. The standard InChI is InChI=1S/C22H26N2O4S/c1-13(2)19-11-20-17(12-28-21(20)9-14(19)3)10-22(25)24-15(4)16-5-7-18(8-6-16)29(23,26)27/h5-9,11-13,15H,10H2,1-4H3,(H,24,25)(H2,23,26,27). The van der Waals surface area contributed by atoms with E-state index in [1.807, 2.05) is 13.0 Å². The maximum Gasteiger partial charge on any atom is 0.238 e. The summed E-state index contributed by atoms with van der Waals surface area (Å²) < 4.78 is 28.4. The van der Waals surface area contributed by atoms with Crippen molar-refractivity contribution >= 4 is 26.9 Å². The fraction of sp³-hybridized carbons (Fsp3) is 0.318. The van der Waals surface area contributed by atoms with Crippen LogP contribution >= 0.6 is 0 Å². The number of fused-ring (bicyclic) bond motifs is 1. The van der Waals surface area contributed by atoms with Crippen molar-refractivity contribution in [3.8, 4) is 0 Å². The summed E-state index contributed by atoms with van der Waals surface area (Å²) >= 11 is 0. The van der Waals surface area contributed by atoms with Crippen molar-refractivity contribution < 1.29 is 17.6 Å². The first-order chi connectivity index (χ1) is 13.6. The highest BCUT2D eigenvalue weighted by Gasteiger charge is 2.16. The van der Waals surface area contributed by atoms with Crippen molar-refractivity contribution in [1.29, 1.82) is 0 Å². The summed E-state index contributed by atoms with van der Waals surface area (Å²) in [6.07, 6.45) is 1.84. The van der Waals surface area contributed by atoms with Crippen LogP contribution in [0, 0.1) is 6.92 Å². The van der Waals surface area contributed by atoms with Gasteiger partial charge in [0.15, 0.2) is 0 Å². The predicted octanol–water partition coefficient (Wildman–Crippen LogP) is 3.93. The smallest absolute Gasteiger partial charge is 0.238 e. The molecule has 1 aromatic heterocycles. The molecule has 0 radical (unpaired) electrons. The van der Waals surface area contributed by atoms with Gasteiger partial charge in [-0.2, -0.15) is 0 Å². The van der Waals surface area contributed by atoms with Crippen LogP contribution in [0.15, 0.2) is 52.0 Å². The van der Waals surface area contributed by atoms with Gasteiger partial charge >= 0.3 is 0 Å². The number of aryl methyl sites for hydroxylation is 1. The summed E-state index contributed by atoms with van der Waals surface area (Å²) in [4.78, 5) is 12.6. The van der Waals surface area contributed by atoms with E-state index in [-0.39, 0.29) is 23.3 Å². The molecule has 3 N–H and O–H groups in total.